The molecule has 2 heterocycles. The van der Waals surface area contributed by atoms with E-state index in [0.29, 0.717) is 0 Å². The largest absolute Gasteiger partial charge is 0.372 e. The number of nitrogens with one attached hydrogen (secondary N) is 1. The summed E-state index contributed by atoms with van der Waals surface area (Å²) in [5.74, 6) is 3.56. The summed E-state index contributed by atoms with van der Waals surface area (Å²) >= 11 is 2.10. The molecule has 0 radical (unpaired) electrons. The molecule has 0 aliphatic carbocycles. The standard InChI is InChI=1S/C16H23NOS/c1-2-4-15-14(3-1)5-8-18-16(15)12-17-11-13-6-9-19-10-7-13/h1-4,13,16-17H,5-12H2. The maximum Gasteiger partial charge on any atom is 0.0952 e. The number of benzene rings is 1. The van der Waals surface area contributed by atoms with E-state index in [1.807, 2.05) is 0 Å². The van der Waals surface area contributed by atoms with Crippen LogP contribution in [0.2, 0.25) is 0 Å². The van der Waals surface area contributed by atoms with Crippen molar-refractivity contribution >= 4 is 11.8 Å². The van der Waals surface area contributed by atoms with Crippen molar-refractivity contribution in [2.75, 3.05) is 31.2 Å². The van der Waals surface area contributed by atoms with Gasteiger partial charge in [0.15, 0.2) is 0 Å². The lowest BCUT2D eigenvalue weighted by Gasteiger charge is -2.28. The number of ether oxygens (including phenoxy) is 1. The van der Waals surface area contributed by atoms with Crippen molar-refractivity contribution in [2.45, 2.75) is 25.4 Å². The fourth-order valence-electron chi connectivity index (χ4n) is 3.01. The van der Waals surface area contributed by atoms with Gasteiger partial charge in [0.1, 0.15) is 0 Å². The molecule has 3 heteroatoms. The summed E-state index contributed by atoms with van der Waals surface area (Å²) in [4.78, 5) is 0. The molecule has 1 saturated heterocycles. The van der Waals surface area contributed by atoms with Gasteiger partial charge in [-0.15, -0.1) is 0 Å². The van der Waals surface area contributed by atoms with Gasteiger partial charge in [0.25, 0.3) is 0 Å². The van der Waals surface area contributed by atoms with Crippen LogP contribution in [0.4, 0.5) is 0 Å². The summed E-state index contributed by atoms with van der Waals surface area (Å²) in [6, 6.07) is 8.72. The first-order valence-electron chi connectivity index (χ1n) is 7.41. The second kappa shape index (κ2) is 6.78. The second-order valence-corrected chi connectivity index (χ2v) is 6.75. The summed E-state index contributed by atoms with van der Waals surface area (Å²) in [5, 5.41) is 3.63. The van der Waals surface area contributed by atoms with E-state index in [1.54, 1.807) is 0 Å². The Morgan fingerprint density at radius 2 is 2.00 bits per heavy atom. The van der Waals surface area contributed by atoms with Crippen LogP contribution >= 0.6 is 11.8 Å². The first-order valence-corrected chi connectivity index (χ1v) is 8.57. The minimum Gasteiger partial charge on any atom is -0.372 e. The third-order valence-corrected chi connectivity index (χ3v) is 5.24. The number of hydrogen-bond acceptors (Lipinski definition) is 3. The van der Waals surface area contributed by atoms with Gasteiger partial charge in [0.2, 0.25) is 0 Å². The molecule has 2 aliphatic heterocycles. The number of hydrogen-bond donors (Lipinski definition) is 1. The molecule has 104 valence electrons. The molecule has 1 unspecified atom stereocenters. The van der Waals surface area contributed by atoms with Crippen LogP contribution in [-0.4, -0.2) is 31.2 Å². The normalized spacial score (nSPS) is 24.1. The van der Waals surface area contributed by atoms with Crippen LogP contribution < -0.4 is 5.32 Å². The van der Waals surface area contributed by atoms with Crippen molar-refractivity contribution in [3.63, 3.8) is 0 Å². The van der Waals surface area contributed by atoms with E-state index in [-0.39, 0.29) is 6.10 Å². The Hall–Kier alpha value is -0.510. The van der Waals surface area contributed by atoms with Crippen LogP contribution in [0.15, 0.2) is 24.3 Å². The van der Waals surface area contributed by atoms with E-state index in [9.17, 15) is 0 Å². The molecule has 2 aliphatic rings. The van der Waals surface area contributed by atoms with Crippen molar-refractivity contribution in [3.8, 4) is 0 Å². The van der Waals surface area contributed by atoms with E-state index in [0.717, 1.165) is 32.0 Å². The van der Waals surface area contributed by atoms with E-state index >= 15 is 0 Å². The van der Waals surface area contributed by atoms with Gasteiger partial charge in [0.05, 0.1) is 12.7 Å². The molecule has 2 nitrogen and oxygen atoms in total. The van der Waals surface area contributed by atoms with Crippen LogP contribution in [0.3, 0.4) is 0 Å². The van der Waals surface area contributed by atoms with Crippen LogP contribution in [-0.2, 0) is 11.2 Å². The Labute approximate surface area is 120 Å². The van der Waals surface area contributed by atoms with Gasteiger partial charge < -0.3 is 10.1 Å². The molecule has 19 heavy (non-hydrogen) atoms. The summed E-state index contributed by atoms with van der Waals surface area (Å²) in [6.07, 6.45) is 4.06. The average molecular weight is 277 g/mol. The fraction of sp³-hybridized carbons (Fsp3) is 0.625. The predicted molar refractivity (Wildman–Crippen MR) is 81.8 cm³/mol. The van der Waals surface area contributed by atoms with Crippen molar-refractivity contribution in [3.05, 3.63) is 35.4 Å². The second-order valence-electron chi connectivity index (χ2n) is 5.52. The Bertz CT molecular complexity index is 403. The quantitative estimate of drug-likeness (QED) is 0.914. The molecule has 1 N–H and O–H groups in total. The fourth-order valence-corrected chi connectivity index (χ4v) is 4.22. The molecule has 1 fully saturated rings. The molecule has 1 aromatic carbocycles. The van der Waals surface area contributed by atoms with Gasteiger partial charge in [-0.1, -0.05) is 24.3 Å². The zero-order chi connectivity index (χ0) is 12.9. The molecular weight excluding hydrogens is 254 g/mol. The van der Waals surface area contributed by atoms with Crippen molar-refractivity contribution < 1.29 is 4.74 Å². The topological polar surface area (TPSA) is 21.3 Å². The Morgan fingerprint density at radius 3 is 2.89 bits per heavy atom. The zero-order valence-electron chi connectivity index (χ0n) is 11.4. The highest BCUT2D eigenvalue weighted by Gasteiger charge is 2.20. The molecule has 0 amide bonds. The smallest absolute Gasteiger partial charge is 0.0952 e. The molecule has 0 spiro atoms. The maximum absolute atomic E-state index is 5.93. The lowest BCUT2D eigenvalue weighted by molar-refractivity contribution is 0.0419. The van der Waals surface area contributed by atoms with Crippen LogP contribution in [0.1, 0.15) is 30.1 Å². The SMILES string of the molecule is c1ccc2c(c1)CCOC2CNCC1CCSCC1. The Kier molecular flexibility index (Phi) is 4.81. The van der Waals surface area contributed by atoms with Gasteiger partial charge >= 0.3 is 0 Å². The monoisotopic (exact) mass is 277 g/mol. The summed E-state index contributed by atoms with van der Waals surface area (Å²) in [6.45, 7) is 2.98. The van der Waals surface area contributed by atoms with E-state index < -0.39 is 0 Å². The van der Waals surface area contributed by atoms with Crippen molar-refractivity contribution in [1.82, 2.24) is 5.32 Å². The third kappa shape index (κ3) is 3.53. The molecule has 0 bridgehead atoms. The molecule has 1 atom stereocenters. The number of fused-ring (bicyclic) bond motifs is 1. The summed E-state index contributed by atoms with van der Waals surface area (Å²) < 4.78 is 5.93. The van der Waals surface area contributed by atoms with Gasteiger partial charge in [-0.3, -0.25) is 0 Å². The minimum atomic E-state index is 0.253. The van der Waals surface area contributed by atoms with Crippen LogP contribution in [0, 0.1) is 5.92 Å². The van der Waals surface area contributed by atoms with Gasteiger partial charge in [0, 0.05) is 6.54 Å². The summed E-state index contributed by atoms with van der Waals surface area (Å²) in [5.41, 5.74) is 2.86. The molecule has 0 aromatic heterocycles. The maximum atomic E-state index is 5.93. The van der Waals surface area contributed by atoms with E-state index in [2.05, 4.69) is 41.3 Å². The number of rotatable bonds is 4. The first-order chi connectivity index (χ1) is 9.43. The van der Waals surface area contributed by atoms with Crippen LogP contribution in [0.25, 0.3) is 0 Å². The van der Waals surface area contributed by atoms with Gasteiger partial charge in [-0.2, -0.15) is 11.8 Å². The lowest BCUT2D eigenvalue weighted by Crippen LogP contribution is -2.32. The highest BCUT2D eigenvalue weighted by molar-refractivity contribution is 7.99. The Balaban J connectivity index is 1.50. The first kappa shape index (κ1) is 13.5. The molecule has 3 rings (SSSR count). The van der Waals surface area contributed by atoms with E-state index in [4.69, 9.17) is 4.74 Å². The van der Waals surface area contributed by atoms with Gasteiger partial charge in [-0.05, 0) is 54.4 Å². The van der Waals surface area contributed by atoms with Crippen LogP contribution in [0.5, 0.6) is 0 Å². The van der Waals surface area contributed by atoms with Gasteiger partial charge in [-0.25, -0.2) is 0 Å². The highest BCUT2D eigenvalue weighted by Crippen LogP contribution is 2.26. The van der Waals surface area contributed by atoms with Crippen molar-refractivity contribution in [2.24, 2.45) is 5.92 Å². The molecular formula is C16H23NOS. The molecule has 1 aromatic rings. The highest BCUT2D eigenvalue weighted by atomic mass is 32.2. The number of thioether (sulfide) groups is 1. The predicted octanol–water partition coefficient (Wildman–Crippen LogP) is 3.03. The minimum absolute atomic E-state index is 0.253. The average Bonchev–Trinajstić information content (AvgIpc) is 2.49. The molecule has 0 saturated carbocycles. The third-order valence-electron chi connectivity index (χ3n) is 4.20. The Morgan fingerprint density at radius 1 is 1.16 bits per heavy atom. The van der Waals surface area contributed by atoms with Crippen molar-refractivity contribution in [1.29, 1.82) is 0 Å². The lowest BCUT2D eigenvalue weighted by atomic mass is 9.97. The van der Waals surface area contributed by atoms with E-state index in [1.165, 1.54) is 35.5 Å². The zero-order valence-corrected chi connectivity index (χ0v) is 12.3. The summed E-state index contributed by atoms with van der Waals surface area (Å²) in [7, 11) is 0.